The van der Waals surface area contributed by atoms with Crippen LogP contribution in [0.1, 0.15) is 46.2 Å². The fraction of sp³-hybridized carbons (Fsp3) is 0.400. The maximum Gasteiger partial charge on any atom is 0.311 e. The van der Waals surface area contributed by atoms with Crippen molar-refractivity contribution in [3.63, 3.8) is 0 Å². The standard InChI is InChI=1S/C20H22ClNO5/c1-12-11-27-16(10-17(23)24)18(12)20(26)22-8-6-14(7-9-22)19(25)13-2-4-15(21)5-3-13/h2-5,11,14,19,25H,6-10H2,1H3,(H,23,24). The number of rotatable bonds is 5. The number of aliphatic carboxylic acids is 1. The molecule has 1 saturated heterocycles. The minimum atomic E-state index is -1.04. The van der Waals surface area contributed by atoms with E-state index >= 15 is 0 Å². The Morgan fingerprint density at radius 1 is 1.26 bits per heavy atom. The van der Waals surface area contributed by atoms with Gasteiger partial charge in [0.2, 0.25) is 0 Å². The Morgan fingerprint density at radius 3 is 2.48 bits per heavy atom. The number of likely N-dealkylation sites (tertiary alicyclic amines) is 1. The first kappa shape index (κ1) is 19.5. The van der Waals surface area contributed by atoms with Gasteiger partial charge >= 0.3 is 5.97 Å². The van der Waals surface area contributed by atoms with E-state index in [0.29, 0.717) is 42.1 Å². The van der Waals surface area contributed by atoms with E-state index in [0.717, 1.165) is 5.56 Å². The first-order valence-corrected chi connectivity index (χ1v) is 9.26. The van der Waals surface area contributed by atoms with Gasteiger partial charge in [-0.15, -0.1) is 0 Å². The maximum absolute atomic E-state index is 12.9. The van der Waals surface area contributed by atoms with Gasteiger partial charge in [-0.3, -0.25) is 9.59 Å². The van der Waals surface area contributed by atoms with Gasteiger partial charge < -0.3 is 19.5 Å². The van der Waals surface area contributed by atoms with E-state index in [9.17, 15) is 14.7 Å². The third-order valence-corrected chi connectivity index (χ3v) is 5.31. The Balaban J connectivity index is 1.65. The summed E-state index contributed by atoms with van der Waals surface area (Å²) >= 11 is 5.89. The highest BCUT2D eigenvalue weighted by molar-refractivity contribution is 6.30. The molecule has 0 saturated carbocycles. The molecule has 27 heavy (non-hydrogen) atoms. The second-order valence-electron chi connectivity index (χ2n) is 6.91. The second kappa shape index (κ2) is 8.15. The summed E-state index contributed by atoms with van der Waals surface area (Å²) in [4.78, 5) is 25.5. The third kappa shape index (κ3) is 4.34. The summed E-state index contributed by atoms with van der Waals surface area (Å²) in [6, 6.07) is 7.14. The highest BCUT2D eigenvalue weighted by Gasteiger charge is 2.31. The lowest BCUT2D eigenvalue weighted by atomic mass is 9.87. The summed E-state index contributed by atoms with van der Waals surface area (Å²) in [7, 11) is 0. The van der Waals surface area contributed by atoms with Crippen molar-refractivity contribution in [2.75, 3.05) is 13.1 Å². The normalized spacial score (nSPS) is 16.3. The molecule has 1 aromatic heterocycles. The molecule has 2 N–H and O–H groups in total. The molecular formula is C20H22ClNO5. The Hall–Kier alpha value is -2.31. The van der Waals surface area contributed by atoms with E-state index in [1.807, 2.05) is 12.1 Å². The zero-order valence-corrected chi connectivity index (χ0v) is 15.8. The maximum atomic E-state index is 12.9. The summed E-state index contributed by atoms with van der Waals surface area (Å²) < 4.78 is 5.27. The molecule has 1 aromatic carbocycles. The monoisotopic (exact) mass is 391 g/mol. The van der Waals surface area contributed by atoms with Crippen LogP contribution in [0.3, 0.4) is 0 Å². The molecule has 0 bridgehead atoms. The number of carboxylic acid groups (broad SMARTS) is 1. The molecule has 0 radical (unpaired) electrons. The zero-order chi connectivity index (χ0) is 19.6. The lowest BCUT2D eigenvalue weighted by Crippen LogP contribution is -2.40. The average molecular weight is 392 g/mol. The smallest absolute Gasteiger partial charge is 0.311 e. The minimum Gasteiger partial charge on any atom is -0.481 e. The van der Waals surface area contributed by atoms with Crippen molar-refractivity contribution >= 4 is 23.5 Å². The molecule has 1 amide bonds. The number of nitrogens with zero attached hydrogens (tertiary/aromatic N) is 1. The van der Waals surface area contributed by atoms with Gasteiger partial charge in [0.25, 0.3) is 5.91 Å². The van der Waals surface area contributed by atoms with Crippen molar-refractivity contribution in [1.29, 1.82) is 0 Å². The summed E-state index contributed by atoms with van der Waals surface area (Å²) in [5.41, 5.74) is 1.80. The number of piperidine rings is 1. The number of aliphatic hydroxyl groups is 1. The van der Waals surface area contributed by atoms with E-state index in [4.69, 9.17) is 21.1 Å². The molecule has 1 atom stereocenters. The second-order valence-corrected chi connectivity index (χ2v) is 7.35. The highest BCUT2D eigenvalue weighted by Crippen LogP contribution is 2.32. The van der Waals surface area contributed by atoms with Gasteiger partial charge in [0.05, 0.1) is 17.9 Å². The molecule has 1 aliphatic heterocycles. The molecule has 144 valence electrons. The summed E-state index contributed by atoms with van der Waals surface area (Å²) in [5.74, 6) is -1.01. The molecule has 0 aliphatic carbocycles. The first-order chi connectivity index (χ1) is 12.9. The summed E-state index contributed by atoms with van der Waals surface area (Å²) in [6.07, 6.45) is 1.84. The molecule has 2 heterocycles. The number of aryl methyl sites for hydroxylation is 1. The van der Waals surface area contributed by atoms with Gasteiger partial charge in [0, 0.05) is 23.7 Å². The Labute approximate surface area is 162 Å². The van der Waals surface area contributed by atoms with Crippen molar-refractivity contribution in [2.45, 2.75) is 32.3 Å². The van der Waals surface area contributed by atoms with E-state index in [2.05, 4.69) is 0 Å². The predicted octanol–water partition coefficient (Wildman–Crippen LogP) is 3.45. The third-order valence-electron chi connectivity index (χ3n) is 5.06. The van der Waals surface area contributed by atoms with Crippen LogP contribution in [0.2, 0.25) is 5.02 Å². The van der Waals surface area contributed by atoms with E-state index < -0.39 is 12.1 Å². The largest absolute Gasteiger partial charge is 0.481 e. The molecule has 7 heteroatoms. The Morgan fingerprint density at radius 2 is 1.89 bits per heavy atom. The van der Waals surface area contributed by atoms with Gasteiger partial charge in [0.1, 0.15) is 12.2 Å². The molecule has 6 nitrogen and oxygen atoms in total. The van der Waals surface area contributed by atoms with E-state index in [1.54, 1.807) is 24.0 Å². The fourth-order valence-corrected chi connectivity index (χ4v) is 3.69. The minimum absolute atomic E-state index is 0.0548. The number of amides is 1. The highest BCUT2D eigenvalue weighted by atomic mass is 35.5. The van der Waals surface area contributed by atoms with Crippen molar-refractivity contribution in [3.05, 3.63) is 58.0 Å². The van der Waals surface area contributed by atoms with Crippen molar-refractivity contribution < 1.29 is 24.2 Å². The summed E-state index contributed by atoms with van der Waals surface area (Å²) in [6.45, 7) is 2.75. The van der Waals surface area contributed by atoms with E-state index in [-0.39, 0.29) is 24.0 Å². The first-order valence-electron chi connectivity index (χ1n) is 8.88. The topological polar surface area (TPSA) is 91.0 Å². The van der Waals surface area contributed by atoms with Crippen LogP contribution in [0.25, 0.3) is 0 Å². The molecule has 0 spiro atoms. The number of carbonyl (C=O) groups is 2. The van der Waals surface area contributed by atoms with Crippen LogP contribution in [-0.4, -0.2) is 40.1 Å². The van der Waals surface area contributed by atoms with Crippen LogP contribution >= 0.6 is 11.6 Å². The van der Waals surface area contributed by atoms with Crippen LogP contribution in [0.4, 0.5) is 0 Å². The van der Waals surface area contributed by atoms with Crippen LogP contribution in [0, 0.1) is 12.8 Å². The van der Waals surface area contributed by atoms with Crippen LogP contribution in [0.5, 0.6) is 0 Å². The van der Waals surface area contributed by atoms with Gasteiger partial charge in [0.15, 0.2) is 0 Å². The molecule has 1 aliphatic rings. The van der Waals surface area contributed by atoms with Crippen molar-refractivity contribution in [3.8, 4) is 0 Å². The Bertz CT molecular complexity index is 821. The number of hydrogen-bond acceptors (Lipinski definition) is 4. The number of carboxylic acids is 1. The number of carbonyl (C=O) groups excluding carboxylic acids is 1. The van der Waals surface area contributed by atoms with Crippen molar-refractivity contribution in [2.24, 2.45) is 5.92 Å². The molecule has 3 rings (SSSR count). The Kier molecular flexibility index (Phi) is 5.87. The molecule has 1 unspecified atom stereocenters. The van der Waals surface area contributed by atoms with Gasteiger partial charge in [-0.25, -0.2) is 0 Å². The lowest BCUT2D eigenvalue weighted by Gasteiger charge is -2.34. The SMILES string of the molecule is Cc1coc(CC(=O)O)c1C(=O)N1CCC(C(O)c2ccc(Cl)cc2)CC1. The van der Waals surface area contributed by atoms with Gasteiger partial charge in [-0.05, 0) is 43.4 Å². The van der Waals surface area contributed by atoms with Crippen LogP contribution in [0.15, 0.2) is 34.9 Å². The number of aliphatic hydroxyl groups excluding tert-OH is 1. The van der Waals surface area contributed by atoms with E-state index in [1.165, 1.54) is 6.26 Å². The van der Waals surface area contributed by atoms with Crippen molar-refractivity contribution in [1.82, 2.24) is 4.90 Å². The lowest BCUT2D eigenvalue weighted by molar-refractivity contribution is -0.136. The molecule has 1 fully saturated rings. The number of furan rings is 1. The predicted molar refractivity (Wildman–Crippen MR) is 99.8 cm³/mol. The van der Waals surface area contributed by atoms with Crippen LogP contribution in [-0.2, 0) is 11.2 Å². The summed E-state index contributed by atoms with van der Waals surface area (Å²) in [5, 5.41) is 20.2. The number of halogens is 1. The van der Waals surface area contributed by atoms with Crippen LogP contribution < -0.4 is 0 Å². The van der Waals surface area contributed by atoms with Gasteiger partial charge in [-0.2, -0.15) is 0 Å². The quantitative estimate of drug-likeness (QED) is 0.814. The number of benzene rings is 1. The molecular weight excluding hydrogens is 370 g/mol. The average Bonchev–Trinajstić information content (AvgIpc) is 3.01. The molecule has 2 aromatic rings. The fourth-order valence-electron chi connectivity index (χ4n) is 3.56. The number of hydrogen-bond donors (Lipinski definition) is 2. The van der Waals surface area contributed by atoms with Gasteiger partial charge in [-0.1, -0.05) is 23.7 Å². The zero-order valence-electron chi connectivity index (χ0n) is 15.0.